The number of hydrogen-bond acceptors (Lipinski definition) is 5. The van der Waals surface area contributed by atoms with Gasteiger partial charge in [0.25, 0.3) is 11.8 Å². The molecule has 1 amide bonds. The number of aliphatic hydroxyl groups is 1. The van der Waals surface area contributed by atoms with Crippen molar-refractivity contribution in [2.24, 2.45) is 0 Å². The summed E-state index contributed by atoms with van der Waals surface area (Å²) in [6.45, 7) is 4.59. The lowest BCUT2D eigenvalue weighted by atomic mass is 10.0. The van der Waals surface area contributed by atoms with E-state index in [0.29, 0.717) is 30.0 Å². The molecule has 0 saturated carbocycles. The summed E-state index contributed by atoms with van der Waals surface area (Å²) in [6, 6.07) is -0.296. The maximum absolute atomic E-state index is 13.3. The summed E-state index contributed by atoms with van der Waals surface area (Å²) in [4.78, 5) is 16.2. The third kappa shape index (κ3) is 3.17. The Kier molecular flexibility index (Phi) is 4.61. The molecule has 2 fully saturated rings. The molecule has 8 heteroatoms. The molecular weight excluding hydrogens is 320 g/mol. The van der Waals surface area contributed by atoms with E-state index < -0.39 is 12.0 Å². The summed E-state index contributed by atoms with van der Waals surface area (Å²) in [5.41, 5.74) is 1.06. The molecule has 0 bridgehead atoms. The SMILES string of the molecule is CCc1noc(C)c1C(=O)N1C[C@@H](O)[C@H](N2CCC(F)(F)CC2)C1. The van der Waals surface area contributed by atoms with Crippen molar-refractivity contribution in [1.82, 2.24) is 15.0 Å². The topological polar surface area (TPSA) is 69.8 Å². The van der Waals surface area contributed by atoms with Crippen molar-refractivity contribution < 1.29 is 23.2 Å². The van der Waals surface area contributed by atoms with Gasteiger partial charge in [0, 0.05) is 39.0 Å². The number of likely N-dealkylation sites (tertiary alicyclic amines) is 2. The van der Waals surface area contributed by atoms with E-state index in [0.717, 1.165) is 0 Å². The van der Waals surface area contributed by atoms with Crippen LogP contribution in [-0.4, -0.2) is 70.2 Å². The average Bonchev–Trinajstić information content (AvgIpc) is 3.10. The average molecular weight is 343 g/mol. The fourth-order valence-corrected chi connectivity index (χ4v) is 3.57. The van der Waals surface area contributed by atoms with Gasteiger partial charge in [0.15, 0.2) is 0 Å². The van der Waals surface area contributed by atoms with Gasteiger partial charge in [-0.15, -0.1) is 0 Å². The molecule has 2 aliphatic heterocycles. The van der Waals surface area contributed by atoms with Crippen molar-refractivity contribution >= 4 is 5.91 Å². The Balaban J connectivity index is 1.69. The summed E-state index contributed by atoms with van der Waals surface area (Å²) < 4.78 is 31.7. The Labute approximate surface area is 139 Å². The summed E-state index contributed by atoms with van der Waals surface area (Å²) in [7, 11) is 0. The Bertz CT molecular complexity index is 610. The molecule has 1 aromatic heterocycles. The molecule has 134 valence electrons. The standard InChI is InChI=1S/C16H23F2N3O3/c1-3-11-14(10(2)24-19-11)15(23)21-8-12(13(22)9-21)20-6-4-16(17,18)5-7-20/h12-13,22H,3-9H2,1-2H3/t12-,13-/m1/s1. The van der Waals surface area contributed by atoms with Crippen LogP contribution in [0.25, 0.3) is 0 Å². The number of amides is 1. The van der Waals surface area contributed by atoms with Crippen molar-refractivity contribution in [2.45, 2.75) is 51.2 Å². The second-order valence-corrected chi connectivity index (χ2v) is 6.65. The van der Waals surface area contributed by atoms with E-state index in [1.54, 1.807) is 11.8 Å². The second kappa shape index (κ2) is 6.40. The van der Waals surface area contributed by atoms with Gasteiger partial charge in [0.05, 0.1) is 17.8 Å². The molecule has 3 heterocycles. The third-order valence-electron chi connectivity index (χ3n) is 5.03. The van der Waals surface area contributed by atoms with Crippen molar-refractivity contribution in [3.8, 4) is 0 Å². The van der Waals surface area contributed by atoms with Crippen molar-refractivity contribution in [1.29, 1.82) is 0 Å². The molecule has 1 aromatic rings. The smallest absolute Gasteiger partial charge is 0.259 e. The Morgan fingerprint density at radius 1 is 1.38 bits per heavy atom. The number of hydrogen-bond donors (Lipinski definition) is 1. The van der Waals surface area contributed by atoms with Gasteiger partial charge in [0.2, 0.25) is 0 Å². The van der Waals surface area contributed by atoms with E-state index in [1.165, 1.54) is 0 Å². The highest BCUT2D eigenvalue weighted by atomic mass is 19.3. The first-order valence-electron chi connectivity index (χ1n) is 8.36. The van der Waals surface area contributed by atoms with Crippen LogP contribution in [-0.2, 0) is 6.42 Å². The molecule has 1 N–H and O–H groups in total. The van der Waals surface area contributed by atoms with Crippen LogP contribution < -0.4 is 0 Å². The highest BCUT2D eigenvalue weighted by molar-refractivity contribution is 5.96. The highest BCUT2D eigenvalue weighted by Gasteiger charge is 2.43. The number of aryl methyl sites for hydroxylation is 2. The van der Waals surface area contributed by atoms with Crippen molar-refractivity contribution in [3.63, 3.8) is 0 Å². The number of nitrogens with zero attached hydrogens (tertiary/aromatic N) is 3. The molecule has 6 nitrogen and oxygen atoms in total. The monoisotopic (exact) mass is 343 g/mol. The summed E-state index contributed by atoms with van der Waals surface area (Å²) in [5.74, 6) is -2.37. The third-order valence-corrected chi connectivity index (χ3v) is 5.03. The normalized spacial score (nSPS) is 27.6. The molecule has 0 spiro atoms. The minimum absolute atomic E-state index is 0.199. The number of carbonyl (C=O) groups excluding carboxylic acids is 1. The molecule has 0 unspecified atom stereocenters. The number of piperidine rings is 1. The van der Waals surface area contributed by atoms with Gasteiger partial charge in [-0.25, -0.2) is 8.78 Å². The molecule has 0 aromatic carbocycles. The van der Waals surface area contributed by atoms with E-state index in [9.17, 15) is 18.7 Å². The predicted molar refractivity (Wildman–Crippen MR) is 82.1 cm³/mol. The van der Waals surface area contributed by atoms with Crippen LogP contribution in [0, 0.1) is 6.92 Å². The van der Waals surface area contributed by atoms with Crippen LogP contribution in [0.1, 0.15) is 41.6 Å². The number of halogens is 2. The Morgan fingerprint density at radius 2 is 2.04 bits per heavy atom. The number of aliphatic hydroxyl groups excluding tert-OH is 1. The van der Waals surface area contributed by atoms with Gasteiger partial charge in [-0.05, 0) is 13.3 Å². The van der Waals surface area contributed by atoms with E-state index in [-0.39, 0.29) is 44.4 Å². The van der Waals surface area contributed by atoms with Crippen LogP contribution in [0.2, 0.25) is 0 Å². The second-order valence-electron chi connectivity index (χ2n) is 6.65. The largest absolute Gasteiger partial charge is 0.390 e. The maximum Gasteiger partial charge on any atom is 0.259 e. The van der Waals surface area contributed by atoms with Gasteiger partial charge in [-0.2, -0.15) is 0 Å². The highest BCUT2D eigenvalue weighted by Crippen LogP contribution is 2.31. The van der Waals surface area contributed by atoms with Crippen molar-refractivity contribution in [3.05, 3.63) is 17.0 Å². The van der Waals surface area contributed by atoms with Crippen molar-refractivity contribution in [2.75, 3.05) is 26.2 Å². The van der Waals surface area contributed by atoms with E-state index in [2.05, 4.69) is 5.16 Å². The quantitative estimate of drug-likeness (QED) is 0.900. The number of aromatic nitrogens is 1. The lowest BCUT2D eigenvalue weighted by Gasteiger charge is -2.36. The zero-order valence-electron chi connectivity index (χ0n) is 14.0. The number of rotatable bonds is 3. The van der Waals surface area contributed by atoms with E-state index in [1.807, 2.05) is 11.8 Å². The molecule has 2 atom stereocenters. The van der Waals surface area contributed by atoms with E-state index in [4.69, 9.17) is 4.52 Å². The van der Waals surface area contributed by atoms with Crippen LogP contribution in [0.3, 0.4) is 0 Å². The molecule has 0 radical (unpaired) electrons. The number of alkyl halides is 2. The minimum Gasteiger partial charge on any atom is -0.390 e. The van der Waals surface area contributed by atoms with Crippen LogP contribution >= 0.6 is 0 Å². The number of β-amino-alcohol motifs (C(OH)–C–C–N with tert-alkyl or cyclic N) is 1. The van der Waals surface area contributed by atoms with Crippen LogP contribution in [0.5, 0.6) is 0 Å². The fraction of sp³-hybridized carbons (Fsp3) is 0.750. The van der Waals surface area contributed by atoms with E-state index >= 15 is 0 Å². The zero-order chi connectivity index (χ0) is 17.5. The van der Waals surface area contributed by atoms with Gasteiger partial charge >= 0.3 is 0 Å². The molecule has 3 rings (SSSR count). The van der Waals surface area contributed by atoms with Gasteiger partial charge in [-0.1, -0.05) is 12.1 Å². The lowest BCUT2D eigenvalue weighted by molar-refractivity contribution is -0.0697. The minimum atomic E-state index is -2.62. The summed E-state index contributed by atoms with van der Waals surface area (Å²) >= 11 is 0. The van der Waals surface area contributed by atoms with Gasteiger partial charge in [-0.3, -0.25) is 9.69 Å². The molecular formula is C16H23F2N3O3. The Morgan fingerprint density at radius 3 is 2.67 bits per heavy atom. The van der Waals surface area contributed by atoms with Gasteiger partial charge < -0.3 is 14.5 Å². The fourth-order valence-electron chi connectivity index (χ4n) is 3.57. The van der Waals surface area contributed by atoms with Gasteiger partial charge in [0.1, 0.15) is 11.3 Å². The Hall–Kier alpha value is -1.54. The summed E-state index contributed by atoms with van der Waals surface area (Å²) in [6.07, 6.45) is -0.547. The zero-order valence-corrected chi connectivity index (χ0v) is 14.0. The first kappa shape index (κ1) is 17.3. The van der Waals surface area contributed by atoms with Crippen LogP contribution in [0.15, 0.2) is 4.52 Å². The van der Waals surface area contributed by atoms with Crippen LogP contribution in [0.4, 0.5) is 8.78 Å². The molecule has 24 heavy (non-hydrogen) atoms. The number of carbonyl (C=O) groups is 1. The molecule has 2 aliphatic rings. The molecule has 2 saturated heterocycles. The maximum atomic E-state index is 13.3. The summed E-state index contributed by atoms with van der Waals surface area (Å²) in [5, 5.41) is 14.2. The predicted octanol–water partition coefficient (Wildman–Crippen LogP) is 1.46. The first-order chi connectivity index (χ1) is 11.3. The first-order valence-corrected chi connectivity index (χ1v) is 8.36. The lowest BCUT2D eigenvalue weighted by Crippen LogP contribution is -2.49. The molecule has 0 aliphatic carbocycles.